The molecule has 0 unspecified atom stereocenters. The smallest absolute Gasteiger partial charge is 0.240 e. The van der Waals surface area contributed by atoms with E-state index < -0.39 is 20.0 Å². The Bertz CT molecular complexity index is 1430. The Morgan fingerprint density at radius 3 is 2.44 bits per heavy atom. The summed E-state index contributed by atoms with van der Waals surface area (Å²) >= 11 is 3.36. The molecule has 3 rings (SSSR count). The molecular weight excluding hydrogens is 572 g/mol. The molecule has 36 heavy (non-hydrogen) atoms. The minimum Gasteiger partial charge on any atom is -0.394 e. The van der Waals surface area contributed by atoms with Crippen LogP contribution in [0, 0.1) is 6.92 Å². The first-order valence-corrected chi connectivity index (χ1v) is 14.6. The predicted octanol–water partition coefficient (Wildman–Crippen LogP) is 2.25. The molecule has 11 nitrogen and oxygen atoms in total. The molecule has 0 spiro atoms. The molecule has 0 amide bonds. The second-order valence-corrected chi connectivity index (χ2v) is 12.2. The zero-order chi connectivity index (χ0) is 26.5. The third kappa shape index (κ3) is 7.44. The fraction of sp³-hybridized carbons (Fsp3) is 0.273. The molecule has 6 N–H and O–H groups in total. The molecule has 0 radical (unpaired) electrons. The van der Waals surface area contributed by atoms with Crippen LogP contribution in [0.2, 0.25) is 0 Å². The van der Waals surface area contributed by atoms with Crippen LogP contribution in [0.25, 0.3) is 0 Å². The number of aliphatic hydroxyl groups excluding tert-OH is 1. The number of hydrogen-bond donors (Lipinski definition) is 5. The molecule has 0 aliphatic heterocycles. The van der Waals surface area contributed by atoms with Crippen molar-refractivity contribution in [3.05, 3.63) is 64.3 Å². The molecule has 14 heteroatoms. The van der Waals surface area contributed by atoms with Crippen molar-refractivity contribution in [1.82, 2.24) is 14.7 Å². The third-order valence-electron chi connectivity index (χ3n) is 5.09. The second kappa shape index (κ2) is 11.6. The van der Waals surface area contributed by atoms with Gasteiger partial charge < -0.3 is 15.7 Å². The summed E-state index contributed by atoms with van der Waals surface area (Å²) < 4.78 is 51.9. The number of halogens is 1. The molecule has 1 atom stereocenters. The van der Waals surface area contributed by atoms with Gasteiger partial charge in [0, 0.05) is 24.5 Å². The molecule has 0 bridgehead atoms. The number of hydrogen-bond acceptors (Lipinski definition) is 9. The van der Waals surface area contributed by atoms with E-state index in [0.717, 1.165) is 5.56 Å². The third-order valence-corrected chi connectivity index (χ3v) is 8.21. The Balaban J connectivity index is 1.71. The van der Waals surface area contributed by atoms with Gasteiger partial charge in [-0.05, 0) is 71.6 Å². The monoisotopic (exact) mass is 598 g/mol. The van der Waals surface area contributed by atoms with E-state index in [0.29, 0.717) is 28.0 Å². The topological polar surface area (TPSA) is 176 Å². The average molecular weight is 600 g/mol. The van der Waals surface area contributed by atoms with E-state index in [9.17, 15) is 21.9 Å². The molecule has 194 valence electrons. The Hall–Kier alpha value is -2.62. The number of aryl methyl sites for hydroxylation is 1. The normalized spacial score (nSPS) is 12.8. The van der Waals surface area contributed by atoms with Crippen molar-refractivity contribution >= 4 is 53.4 Å². The van der Waals surface area contributed by atoms with Crippen molar-refractivity contribution in [3.8, 4) is 0 Å². The van der Waals surface area contributed by atoms with Gasteiger partial charge in [0.25, 0.3) is 0 Å². The Labute approximate surface area is 218 Å². The van der Waals surface area contributed by atoms with Crippen molar-refractivity contribution in [3.63, 3.8) is 0 Å². The zero-order valence-electron chi connectivity index (χ0n) is 19.6. The van der Waals surface area contributed by atoms with E-state index in [1.165, 1.54) is 18.2 Å². The first-order valence-electron chi connectivity index (χ1n) is 10.8. The number of sulfonamides is 2. The van der Waals surface area contributed by atoms with Crippen LogP contribution >= 0.6 is 15.9 Å². The molecule has 0 saturated heterocycles. The number of aromatic nitrogens is 2. The van der Waals surface area contributed by atoms with Gasteiger partial charge in [0.2, 0.25) is 26.0 Å². The summed E-state index contributed by atoms with van der Waals surface area (Å²) in [7, 11) is -7.62. The first kappa shape index (κ1) is 28.0. The Kier molecular flexibility index (Phi) is 9.03. The van der Waals surface area contributed by atoms with Crippen LogP contribution in [-0.2, 0) is 26.5 Å². The molecule has 0 aliphatic carbocycles. The lowest BCUT2D eigenvalue weighted by atomic mass is 10.2. The number of rotatable bonds is 11. The largest absolute Gasteiger partial charge is 0.394 e. The quantitative estimate of drug-likeness (QED) is 0.221. The summed E-state index contributed by atoms with van der Waals surface area (Å²) in [5.74, 6) is 0.724. The second-order valence-electron chi connectivity index (χ2n) is 8.06. The Morgan fingerprint density at radius 2 is 1.81 bits per heavy atom. The fourth-order valence-electron chi connectivity index (χ4n) is 3.16. The maximum atomic E-state index is 13.0. The molecule has 1 heterocycles. The minimum atomic E-state index is -3.84. The SMILES string of the molecule is Cc1ccc(Nc2ncc(Br)c(N[C@H](C)CO)n2)cc1S(=O)(=O)NCCc1ccc(S(N)(=O)=O)cc1. The van der Waals surface area contributed by atoms with Crippen molar-refractivity contribution in [2.75, 3.05) is 23.8 Å². The van der Waals surface area contributed by atoms with Gasteiger partial charge in [-0.15, -0.1) is 0 Å². The van der Waals surface area contributed by atoms with Gasteiger partial charge in [-0.3, -0.25) is 0 Å². The highest BCUT2D eigenvalue weighted by Gasteiger charge is 2.18. The fourth-order valence-corrected chi connectivity index (χ4v) is 5.28. The molecule has 0 saturated carbocycles. The van der Waals surface area contributed by atoms with Crippen molar-refractivity contribution in [2.45, 2.75) is 36.1 Å². The standard InChI is InChI=1S/C22H27BrN6O5S2/c1-14-3-6-17(28-22-25-12-19(23)21(29-22)27-15(2)13-30)11-20(14)36(33,34)26-10-9-16-4-7-18(8-5-16)35(24,31)32/h3-8,11-12,15,26,30H,9-10,13H2,1-2H3,(H2,24,31,32)(H2,25,27,28,29)/t15-/m1/s1. The number of nitrogens with one attached hydrogen (secondary N) is 3. The van der Waals surface area contributed by atoms with E-state index in [1.54, 1.807) is 44.3 Å². The van der Waals surface area contributed by atoms with Gasteiger partial charge in [-0.25, -0.2) is 31.7 Å². The van der Waals surface area contributed by atoms with Crippen LogP contribution in [0.15, 0.2) is 62.9 Å². The highest BCUT2D eigenvalue weighted by Crippen LogP contribution is 2.25. The average Bonchev–Trinajstić information content (AvgIpc) is 2.82. The van der Waals surface area contributed by atoms with Crippen molar-refractivity contribution < 1.29 is 21.9 Å². The number of nitrogens with zero attached hydrogens (tertiary/aromatic N) is 2. The summed E-state index contributed by atoms with van der Waals surface area (Å²) in [5.41, 5.74) is 1.79. The van der Waals surface area contributed by atoms with Crippen LogP contribution in [0.1, 0.15) is 18.1 Å². The lowest BCUT2D eigenvalue weighted by molar-refractivity contribution is 0.281. The van der Waals surface area contributed by atoms with Gasteiger partial charge in [-0.2, -0.15) is 4.98 Å². The minimum absolute atomic E-state index is 0.00710. The van der Waals surface area contributed by atoms with Crippen LogP contribution in [0.5, 0.6) is 0 Å². The predicted molar refractivity (Wildman–Crippen MR) is 141 cm³/mol. The van der Waals surface area contributed by atoms with Gasteiger partial charge in [0.15, 0.2) is 0 Å². The Morgan fingerprint density at radius 1 is 1.11 bits per heavy atom. The highest BCUT2D eigenvalue weighted by atomic mass is 79.9. The number of primary sulfonamides is 1. The van der Waals surface area contributed by atoms with Crippen molar-refractivity contribution in [1.29, 1.82) is 0 Å². The summed E-state index contributed by atoms with van der Waals surface area (Å²) in [4.78, 5) is 8.67. The lowest BCUT2D eigenvalue weighted by Crippen LogP contribution is -2.26. The molecule has 3 aromatic rings. The molecule has 1 aromatic heterocycles. The van der Waals surface area contributed by atoms with Crippen LogP contribution in [0.3, 0.4) is 0 Å². The number of nitrogens with two attached hydrogens (primary N) is 1. The van der Waals surface area contributed by atoms with Gasteiger partial charge in [0.05, 0.1) is 20.9 Å². The van der Waals surface area contributed by atoms with E-state index in [4.69, 9.17) is 5.14 Å². The van der Waals surface area contributed by atoms with Crippen LogP contribution in [0.4, 0.5) is 17.5 Å². The molecule has 0 aliphatic rings. The molecule has 2 aromatic carbocycles. The first-order chi connectivity index (χ1) is 16.9. The lowest BCUT2D eigenvalue weighted by Gasteiger charge is -2.15. The molecular formula is C22H27BrN6O5S2. The number of aliphatic hydroxyl groups is 1. The van der Waals surface area contributed by atoms with Crippen molar-refractivity contribution in [2.24, 2.45) is 5.14 Å². The van der Waals surface area contributed by atoms with E-state index in [1.807, 2.05) is 0 Å². The van der Waals surface area contributed by atoms with E-state index in [2.05, 4.69) is 41.3 Å². The van der Waals surface area contributed by atoms with Crippen LogP contribution in [-0.4, -0.2) is 51.1 Å². The molecule has 0 fully saturated rings. The van der Waals surface area contributed by atoms with Gasteiger partial charge in [-0.1, -0.05) is 18.2 Å². The maximum absolute atomic E-state index is 13.0. The zero-order valence-corrected chi connectivity index (χ0v) is 22.8. The van der Waals surface area contributed by atoms with Gasteiger partial charge in [0.1, 0.15) is 5.82 Å². The highest BCUT2D eigenvalue weighted by molar-refractivity contribution is 9.10. The number of anilines is 3. The van der Waals surface area contributed by atoms with Crippen LogP contribution < -0.4 is 20.5 Å². The number of benzene rings is 2. The maximum Gasteiger partial charge on any atom is 0.240 e. The summed E-state index contributed by atoms with van der Waals surface area (Å²) in [6.07, 6.45) is 1.90. The summed E-state index contributed by atoms with van der Waals surface area (Å²) in [6, 6.07) is 10.6. The summed E-state index contributed by atoms with van der Waals surface area (Å²) in [6.45, 7) is 3.53. The van der Waals surface area contributed by atoms with E-state index in [-0.39, 0.29) is 34.9 Å². The van der Waals surface area contributed by atoms with Gasteiger partial charge >= 0.3 is 0 Å². The summed E-state index contributed by atoms with van der Waals surface area (Å²) in [5, 5.41) is 20.4. The van der Waals surface area contributed by atoms with E-state index >= 15 is 0 Å².